The first-order valence-electron chi connectivity index (χ1n) is 10.9. The van der Waals surface area contributed by atoms with Crippen LogP contribution in [0.4, 0.5) is 30.4 Å². The number of likely N-dealkylation sites (N-methyl/N-ethyl adjacent to an activating group) is 1. The lowest BCUT2D eigenvalue weighted by atomic mass is 9.98. The molecule has 4 rings (SSSR count). The standard InChI is InChI=1S/C23H26F3N7O/c1-13(2)21-22(34)30-20-14(3)29-19(9-18(20)32(21)4)28-11-16-7-8-33(31-16)12-17-6-5-15(10-27-17)23(24,25)26/h5-10,13,21H,11-12H2,1-4H3,(H,28,29)(H,30,34). The Labute approximate surface area is 195 Å². The summed E-state index contributed by atoms with van der Waals surface area (Å²) in [6.45, 7) is 6.53. The molecule has 1 unspecified atom stereocenters. The summed E-state index contributed by atoms with van der Waals surface area (Å²) >= 11 is 0. The molecule has 0 saturated carbocycles. The van der Waals surface area contributed by atoms with Crippen molar-refractivity contribution in [1.29, 1.82) is 0 Å². The zero-order chi connectivity index (χ0) is 24.6. The van der Waals surface area contributed by atoms with Crippen molar-refractivity contribution in [2.75, 3.05) is 22.6 Å². The topological polar surface area (TPSA) is 88.0 Å². The van der Waals surface area contributed by atoms with Crippen LogP contribution < -0.4 is 15.5 Å². The van der Waals surface area contributed by atoms with Crippen LogP contribution in [0.3, 0.4) is 0 Å². The van der Waals surface area contributed by atoms with Crippen LogP contribution in [0.25, 0.3) is 0 Å². The van der Waals surface area contributed by atoms with Crippen LogP contribution in [0, 0.1) is 12.8 Å². The molecular weight excluding hydrogens is 447 g/mol. The predicted molar refractivity (Wildman–Crippen MR) is 123 cm³/mol. The summed E-state index contributed by atoms with van der Waals surface area (Å²) in [6, 6.07) is 5.82. The fraction of sp³-hybridized carbons (Fsp3) is 0.391. The molecule has 0 fully saturated rings. The number of nitrogens with one attached hydrogen (secondary N) is 2. The third-order valence-electron chi connectivity index (χ3n) is 5.75. The summed E-state index contributed by atoms with van der Waals surface area (Å²) < 4.78 is 39.7. The number of carbonyl (C=O) groups is 1. The largest absolute Gasteiger partial charge is 0.417 e. The lowest BCUT2D eigenvalue weighted by molar-refractivity contribution is -0.137. The molecule has 0 aliphatic carbocycles. The quantitative estimate of drug-likeness (QED) is 0.561. The highest BCUT2D eigenvalue weighted by Crippen LogP contribution is 2.36. The fourth-order valence-corrected chi connectivity index (χ4v) is 4.07. The molecule has 3 aromatic heterocycles. The van der Waals surface area contributed by atoms with Crippen molar-refractivity contribution < 1.29 is 18.0 Å². The van der Waals surface area contributed by atoms with Crippen molar-refractivity contribution in [2.45, 2.75) is 46.1 Å². The maximum Gasteiger partial charge on any atom is 0.417 e. The molecule has 11 heteroatoms. The number of rotatable bonds is 6. The van der Waals surface area contributed by atoms with Crippen molar-refractivity contribution in [3.05, 3.63) is 59.3 Å². The number of fused-ring (bicyclic) bond motifs is 1. The number of anilines is 3. The van der Waals surface area contributed by atoms with Crippen molar-refractivity contribution in [2.24, 2.45) is 5.92 Å². The number of carbonyl (C=O) groups excluding carboxylic acids is 1. The Kier molecular flexibility index (Phi) is 6.20. The molecular formula is C23H26F3N7O. The predicted octanol–water partition coefficient (Wildman–Crippen LogP) is 4.07. The number of alkyl halides is 3. The highest BCUT2D eigenvalue weighted by Gasteiger charge is 2.34. The summed E-state index contributed by atoms with van der Waals surface area (Å²) in [4.78, 5) is 22.9. The van der Waals surface area contributed by atoms with Crippen LogP contribution in [0.15, 0.2) is 36.7 Å². The lowest BCUT2D eigenvalue weighted by Crippen LogP contribution is -2.49. The van der Waals surface area contributed by atoms with Gasteiger partial charge in [0.2, 0.25) is 5.91 Å². The molecule has 3 aromatic rings. The summed E-state index contributed by atoms with van der Waals surface area (Å²) in [7, 11) is 1.91. The Hall–Kier alpha value is -3.63. The number of hydrogen-bond donors (Lipinski definition) is 2. The Balaban J connectivity index is 1.43. The third-order valence-corrected chi connectivity index (χ3v) is 5.75. The maximum absolute atomic E-state index is 12.7. The van der Waals surface area contributed by atoms with E-state index in [9.17, 15) is 18.0 Å². The third kappa shape index (κ3) is 4.82. The van der Waals surface area contributed by atoms with Crippen LogP contribution in [0.1, 0.15) is 36.5 Å². The van der Waals surface area contributed by atoms with Gasteiger partial charge in [0.1, 0.15) is 11.9 Å². The van der Waals surface area contributed by atoms with Gasteiger partial charge in [0.05, 0.1) is 47.1 Å². The number of halogens is 3. The summed E-state index contributed by atoms with van der Waals surface area (Å²) in [5.41, 5.74) is 2.76. The van der Waals surface area contributed by atoms with E-state index in [-0.39, 0.29) is 24.4 Å². The molecule has 1 aliphatic rings. The van der Waals surface area contributed by atoms with E-state index in [0.717, 1.165) is 23.6 Å². The van der Waals surface area contributed by atoms with Crippen LogP contribution >= 0.6 is 0 Å². The van der Waals surface area contributed by atoms with E-state index in [2.05, 4.69) is 25.7 Å². The fourth-order valence-electron chi connectivity index (χ4n) is 4.07. The lowest BCUT2D eigenvalue weighted by Gasteiger charge is -2.38. The Morgan fingerprint density at radius 1 is 1.21 bits per heavy atom. The monoisotopic (exact) mass is 473 g/mol. The Bertz CT molecular complexity index is 1190. The minimum Gasteiger partial charge on any atom is -0.364 e. The average Bonchev–Trinajstić information content (AvgIpc) is 3.20. The highest BCUT2D eigenvalue weighted by molar-refractivity contribution is 6.04. The number of pyridine rings is 2. The first-order chi connectivity index (χ1) is 16.0. The van der Waals surface area contributed by atoms with E-state index < -0.39 is 11.7 Å². The molecule has 1 aliphatic heterocycles. The number of hydrogen-bond acceptors (Lipinski definition) is 6. The SMILES string of the molecule is Cc1nc(NCc2ccn(Cc3ccc(C(F)(F)F)cn3)n2)cc2c1NC(=O)C(C(C)C)N2C. The van der Waals surface area contributed by atoms with Gasteiger partial charge in [0, 0.05) is 25.5 Å². The van der Waals surface area contributed by atoms with E-state index in [1.54, 1.807) is 10.9 Å². The Morgan fingerprint density at radius 2 is 1.97 bits per heavy atom. The molecule has 0 radical (unpaired) electrons. The first kappa shape index (κ1) is 23.5. The molecule has 2 N–H and O–H groups in total. The molecule has 0 spiro atoms. The second-order valence-electron chi connectivity index (χ2n) is 8.67. The molecule has 8 nitrogen and oxygen atoms in total. The maximum atomic E-state index is 12.7. The number of aromatic nitrogens is 4. The minimum absolute atomic E-state index is 0.0383. The van der Waals surface area contributed by atoms with Crippen LogP contribution in [-0.2, 0) is 24.1 Å². The molecule has 180 valence electrons. The molecule has 1 amide bonds. The number of aryl methyl sites for hydroxylation is 1. The van der Waals surface area contributed by atoms with Gasteiger partial charge in [-0.05, 0) is 31.0 Å². The van der Waals surface area contributed by atoms with Gasteiger partial charge in [-0.1, -0.05) is 13.8 Å². The summed E-state index contributed by atoms with van der Waals surface area (Å²) in [5.74, 6) is 0.760. The smallest absolute Gasteiger partial charge is 0.364 e. The number of nitrogens with zero attached hydrogens (tertiary/aromatic N) is 5. The van der Waals surface area contributed by atoms with E-state index in [0.29, 0.717) is 29.4 Å². The van der Waals surface area contributed by atoms with E-state index in [1.165, 1.54) is 6.07 Å². The van der Waals surface area contributed by atoms with Gasteiger partial charge in [0.15, 0.2) is 0 Å². The highest BCUT2D eigenvalue weighted by atomic mass is 19.4. The molecule has 0 bridgehead atoms. The van der Waals surface area contributed by atoms with Crippen molar-refractivity contribution in [3.63, 3.8) is 0 Å². The molecule has 4 heterocycles. The van der Waals surface area contributed by atoms with E-state index in [1.807, 2.05) is 44.9 Å². The minimum atomic E-state index is -4.41. The second-order valence-corrected chi connectivity index (χ2v) is 8.67. The van der Waals surface area contributed by atoms with Gasteiger partial charge >= 0.3 is 6.18 Å². The second kappa shape index (κ2) is 8.96. The van der Waals surface area contributed by atoms with Gasteiger partial charge in [0.25, 0.3) is 0 Å². The van der Waals surface area contributed by atoms with Crippen molar-refractivity contribution in [1.82, 2.24) is 19.7 Å². The van der Waals surface area contributed by atoms with E-state index in [4.69, 9.17) is 0 Å². The Morgan fingerprint density at radius 3 is 2.62 bits per heavy atom. The van der Waals surface area contributed by atoms with Gasteiger partial charge in [-0.2, -0.15) is 18.3 Å². The zero-order valence-electron chi connectivity index (χ0n) is 19.3. The molecule has 1 atom stereocenters. The van der Waals surface area contributed by atoms with Gasteiger partial charge < -0.3 is 15.5 Å². The molecule has 0 aromatic carbocycles. The summed E-state index contributed by atoms with van der Waals surface area (Å²) in [6.07, 6.45) is -1.83. The van der Waals surface area contributed by atoms with Crippen molar-refractivity contribution >= 4 is 23.1 Å². The normalized spacial score (nSPS) is 15.9. The molecule has 34 heavy (non-hydrogen) atoms. The van der Waals surface area contributed by atoms with Gasteiger partial charge in [-0.25, -0.2) is 4.98 Å². The van der Waals surface area contributed by atoms with Gasteiger partial charge in [-0.15, -0.1) is 0 Å². The molecule has 0 saturated heterocycles. The van der Waals surface area contributed by atoms with Crippen LogP contribution in [-0.4, -0.2) is 38.7 Å². The summed E-state index contributed by atoms with van der Waals surface area (Å²) in [5, 5.41) is 10.7. The van der Waals surface area contributed by atoms with Crippen molar-refractivity contribution in [3.8, 4) is 0 Å². The van der Waals surface area contributed by atoms with E-state index >= 15 is 0 Å². The number of amides is 1. The average molecular weight is 474 g/mol. The first-order valence-corrected chi connectivity index (χ1v) is 10.9. The van der Waals surface area contributed by atoms with Crippen LogP contribution in [0.2, 0.25) is 0 Å². The van der Waals surface area contributed by atoms with Gasteiger partial charge in [-0.3, -0.25) is 14.5 Å². The zero-order valence-corrected chi connectivity index (χ0v) is 19.3. The van der Waals surface area contributed by atoms with Crippen LogP contribution in [0.5, 0.6) is 0 Å².